The summed E-state index contributed by atoms with van der Waals surface area (Å²) in [6.07, 6.45) is 1.19. The quantitative estimate of drug-likeness (QED) is 0.544. The van der Waals surface area contributed by atoms with Crippen molar-refractivity contribution in [3.05, 3.63) is 0 Å². The molecule has 0 radical (unpaired) electrons. The van der Waals surface area contributed by atoms with Crippen molar-refractivity contribution in [2.24, 2.45) is 0 Å². The summed E-state index contributed by atoms with van der Waals surface area (Å²) in [5, 5.41) is 21.5. The van der Waals surface area contributed by atoms with E-state index in [1.165, 1.54) is 7.11 Å². The maximum atomic E-state index is 10.8. The molecule has 0 rings (SSSR count). The summed E-state index contributed by atoms with van der Waals surface area (Å²) in [6, 6.07) is -0.764. The number of aliphatic hydroxyl groups is 1. The molecule has 0 amide bonds. The second-order valence-corrected chi connectivity index (χ2v) is 3.66. The van der Waals surface area contributed by atoms with Crippen LogP contribution in [0.3, 0.4) is 0 Å². The standard InChI is InChI=1S/C10H21NO4/c1-4-10(14,5-2)7-11-8(6-15-3)9(12)13/h8,11,14H,4-7H2,1-3H3,(H,12,13). The Bertz CT molecular complexity index is 192. The van der Waals surface area contributed by atoms with Gasteiger partial charge in [0, 0.05) is 13.7 Å². The van der Waals surface area contributed by atoms with Gasteiger partial charge in [0.25, 0.3) is 0 Å². The van der Waals surface area contributed by atoms with Gasteiger partial charge in [-0.2, -0.15) is 0 Å². The summed E-state index contributed by atoms with van der Waals surface area (Å²) < 4.78 is 4.77. The SMILES string of the molecule is CCC(O)(CC)CNC(COC)C(=O)O. The minimum absolute atomic E-state index is 0.0961. The monoisotopic (exact) mass is 219 g/mol. The number of carboxylic acids is 1. The molecule has 0 heterocycles. The first-order chi connectivity index (χ1) is 6.99. The first-order valence-electron chi connectivity index (χ1n) is 5.16. The Balaban J connectivity index is 4.13. The van der Waals surface area contributed by atoms with Crippen molar-refractivity contribution in [3.63, 3.8) is 0 Å². The molecule has 3 N–H and O–H groups in total. The van der Waals surface area contributed by atoms with Crippen molar-refractivity contribution < 1.29 is 19.7 Å². The topological polar surface area (TPSA) is 78.8 Å². The van der Waals surface area contributed by atoms with Crippen LogP contribution >= 0.6 is 0 Å². The lowest BCUT2D eigenvalue weighted by molar-refractivity contribution is -0.141. The molecule has 0 aromatic carbocycles. The third kappa shape index (κ3) is 5.11. The lowest BCUT2D eigenvalue weighted by Crippen LogP contribution is -2.48. The first-order valence-corrected chi connectivity index (χ1v) is 5.16. The second-order valence-electron chi connectivity index (χ2n) is 3.66. The van der Waals surface area contributed by atoms with Crippen molar-refractivity contribution in [2.45, 2.75) is 38.3 Å². The van der Waals surface area contributed by atoms with Crippen LogP contribution in [0.2, 0.25) is 0 Å². The molecule has 1 unspecified atom stereocenters. The summed E-state index contributed by atoms with van der Waals surface area (Å²) >= 11 is 0. The maximum absolute atomic E-state index is 10.8. The van der Waals surface area contributed by atoms with E-state index in [2.05, 4.69) is 5.32 Å². The second kappa shape index (κ2) is 6.76. The molecule has 90 valence electrons. The molecule has 0 aliphatic rings. The highest BCUT2D eigenvalue weighted by Gasteiger charge is 2.25. The minimum Gasteiger partial charge on any atom is -0.480 e. The third-order valence-corrected chi connectivity index (χ3v) is 2.63. The van der Waals surface area contributed by atoms with Gasteiger partial charge in [0.05, 0.1) is 12.2 Å². The van der Waals surface area contributed by atoms with E-state index in [9.17, 15) is 9.90 Å². The number of hydrogen-bond donors (Lipinski definition) is 3. The number of nitrogens with one attached hydrogen (secondary N) is 1. The molecular formula is C10H21NO4. The van der Waals surface area contributed by atoms with Crippen molar-refractivity contribution in [1.82, 2.24) is 5.32 Å². The average molecular weight is 219 g/mol. The van der Waals surface area contributed by atoms with Gasteiger partial charge in [0.1, 0.15) is 6.04 Å². The van der Waals surface area contributed by atoms with Gasteiger partial charge in [0.2, 0.25) is 0 Å². The van der Waals surface area contributed by atoms with Crippen LogP contribution in [0.1, 0.15) is 26.7 Å². The third-order valence-electron chi connectivity index (χ3n) is 2.63. The largest absolute Gasteiger partial charge is 0.480 e. The van der Waals surface area contributed by atoms with Crippen molar-refractivity contribution in [1.29, 1.82) is 0 Å². The zero-order chi connectivity index (χ0) is 11.9. The number of carboxylic acid groups (broad SMARTS) is 1. The van der Waals surface area contributed by atoms with Gasteiger partial charge in [0.15, 0.2) is 0 Å². The molecule has 0 saturated heterocycles. The number of methoxy groups -OCH3 is 1. The zero-order valence-electron chi connectivity index (χ0n) is 9.62. The van der Waals surface area contributed by atoms with E-state index in [0.717, 1.165) is 0 Å². The molecular weight excluding hydrogens is 198 g/mol. The predicted octanol–water partition coefficient (Wildman–Crippen LogP) is 0.227. The molecule has 0 spiro atoms. The molecule has 0 aliphatic heterocycles. The lowest BCUT2D eigenvalue weighted by atomic mass is 9.97. The predicted molar refractivity (Wildman–Crippen MR) is 56.8 cm³/mol. The fourth-order valence-corrected chi connectivity index (χ4v) is 1.20. The molecule has 5 nitrogen and oxygen atoms in total. The van der Waals surface area contributed by atoms with E-state index >= 15 is 0 Å². The van der Waals surface area contributed by atoms with Crippen LogP contribution < -0.4 is 5.32 Å². The van der Waals surface area contributed by atoms with Crippen molar-refractivity contribution >= 4 is 5.97 Å². The van der Waals surface area contributed by atoms with Crippen LogP contribution in [0.15, 0.2) is 0 Å². The van der Waals surface area contributed by atoms with Crippen molar-refractivity contribution in [3.8, 4) is 0 Å². The van der Waals surface area contributed by atoms with Gasteiger partial charge >= 0.3 is 5.97 Å². The number of rotatable bonds is 8. The lowest BCUT2D eigenvalue weighted by Gasteiger charge is -2.27. The summed E-state index contributed by atoms with van der Waals surface area (Å²) in [5.41, 5.74) is -0.832. The molecule has 0 aromatic heterocycles. The smallest absolute Gasteiger partial charge is 0.323 e. The number of ether oxygens (including phenoxy) is 1. The van der Waals surface area contributed by atoms with Gasteiger partial charge in [-0.25, -0.2) is 0 Å². The van der Waals surface area contributed by atoms with E-state index in [-0.39, 0.29) is 13.2 Å². The molecule has 0 aliphatic carbocycles. The highest BCUT2D eigenvalue weighted by Crippen LogP contribution is 2.13. The Labute approximate surface area is 90.4 Å². The van der Waals surface area contributed by atoms with Gasteiger partial charge in [-0.05, 0) is 12.8 Å². The highest BCUT2D eigenvalue weighted by atomic mass is 16.5. The molecule has 1 atom stereocenters. The fourth-order valence-electron chi connectivity index (χ4n) is 1.20. The Hall–Kier alpha value is -0.650. The number of hydrogen-bond acceptors (Lipinski definition) is 4. The van der Waals surface area contributed by atoms with Gasteiger partial charge < -0.3 is 14.9 Å². The summed E-state index contributed by atoms with van der Waals surface area (Å²) in [5.74, 6) is -0.966. The van der Waals surface area contributed by atoms with Gasteiger partial charge in [-0.1, -0.05) is 13.8 Å². The van der Waals surface area contributed by atoms with Crippen LogP contribution in [0.5, 0.6) is 0 Å². The van der Waals surface area contributed by atoms with E-state index in [4.69, 9.17) is 9.84 Å². The Morgan fingerprint density at radius 1 is 1.47 bits per heavy atom. The van der Waals surface area contributed by atoms with Crippen LogP contribution in [-0.2, 0) is 9.53 Å². The summed E-state index contributed by atoms with van der Waals surface area (Å²) in [7, 11) is 1.45. The first kappa shape index (κ1) is 14.3. The number of carbonyl (C=O) groups is 1. The van der Waals surface area contributed by atoms with E-state index in [1.54, 1.807) is 0 Å². The van der Waals surface area contributed by atoms with E-state index in [0.29, 0.717) is 12.8 Å². The Kier molecular flexibility index (Phi) is 6.47. The maximum Gasteiger partial charge on any atom is 0.323 e. The van der Waals surface area contributed by atoms with E-state index < -0.39 is 17.6 Å². The summed E-state index contributed by atoms with van der Waals surface area (Å²) in [4.78, 5) is 10.8. The van der Waals surface area contributed by atoms with Crippen LogP contribution in [-0.4, -0.2) is 48.1 Å². The minimum atomic E-state index is -0.966. The molecule has 0 aromatic rings. The van der Waals surface area contributed by atoms with Gasteiger partial charge in [-0.15, -0.1) is 0 Å². The Morgan fingerprint density at radius 3 is 2.33 bits per heavy atom. The molecule has 5 heteroatoms. The molecule has 15 heavy (non-hydrogen) atoms. The highest BCUT2D eigenvalue weighted by molar-refractivity contribution is 5.73. The molecule has 0 saturated carbocycles. The van der Waals surface area contributed by atoms with Gasteiger partial charge in [-0.3, -0.25) is 10.1 Å². The van der Waals surface area contributed by atoms with Crippen LogP contribution in [0.25, 0.3) is 0 Å². The fraction of sp³-hybridized carbons (Fsp3) is 0.900. The number of aliphatic carboxylic acids is 1. The molecule has 0 fully saturated rings. The van der Waals surface area contributed by atoms with Crippen LogP contribution in [0.4, 0.5) is 0 Å². The Morgan fingerprint density at radius 2 is 2.00 bits per heavy atom. The summed E-state index contributed by atoms with van der Waals surface area (Å²) in [6.45, 7) is 4.10. The zero-order valence-corrected chi connectivity index (χ0v) is 9.62. The van der Waals surface area contributed by atoms with E-state index in [1.807, 2.05) is 13.8 Å². The molecule has 0 bridgehead atoms. The average Bonchev–Trinajstić information content (AvgIpc) is 2.23. The van der Waals surface area contributed by atoms with Crippen molar-refractivity contribution in [2.75, 3.05) is 20.3 Å². The van der Waals surface area contributed by atoms with Crippen LogP contribution in [0, 0.1) is 0 Å². The normalized spacial score (nSPS) is 13.9.